The van der Waals surface area contributed by atoms with Crippen LogP contribution in [0.25, 0.3) is 0 Å². The molecule has 1 N–H and O–H groups in total. The molecule has 1 amide bonds. The Morgan fingerprint density at radius 2 is 1.83 bits per heavy atom. The van der Waals surface area contributed by atoms with Crippen LogP contribution in [0.15, 0.2) is 0 Å². The normalized spacial score (nSPS) is 18.2. The summed E-state index contributed by atoms with van der Waals surface area (Å²) in [4.78, 5) is 27.2. The number of carboxylic acid groups (broad SMARTS) is 1. The van der Waals surface area contributed by atoms with Gasteiger partial charge < -0.3 is 10.0 Å². The van der Waals surface area contributed by atoms with Crippen molar-refractivity contribution in [2.24, 2.45) is 0 Å². The minimum atomic E-state index is -1.02. The monoisotopic (exact) mass is 256 g/mol. The van der Waals surface area contributed by atoms with E-state index in [9.17, 15) is 14.7 Å². The molecule has 1 saturated heterocycles. The summed E-state index contributed by atoms with van der Waals surface area (Å²) in [6.07, 6.45) is 2.10. The molecule has 0 aliphatic carbocycles. The Morgan fingerprint density at radius 1 is 1.33 bits per heavy atom. The van der Waals surface area contributed by atoms with Gasteiger partial charge in [-0.1, -0.05) is 6.92 Å². The lowest BCUT2D eigenvalue weighted by atomic mass is 10.00. The summed E-state index contributed by atoms with van der Waals surface area (Å²) < 4.78 is 0. The molecule has 0 aromatic heterocycles. The fourth-order valence-electron chi connectivity index (χ4n) is 2.61. The van der Waals surface area contributed by atoms with Crippen LogP contribution in [0.1, 0.15) is 40.5 Å². The first-order valence-corrected chi connectivity index (χ1v) is 6.61. The highest BCUT2D eigenvalue weighted by atomic mass is 16.4. The minimum absolute atomic E-state index is 0.0451. The summed E-state index contributed by atoms with van der Waals surface area (Å²) in [5, 5.41) is 9.27. The van der Waals surface area contributed by atoms with Gasteiger partial charge in [-0.2, -0.15) is 0 Å². The van der Waals surface area contributed by atoms with Gasteiger partial charge in [0.15, 0.2) is 0 Å². The van der Waals surface area contributed by atoms with E-state index in [-0.39, 0.29) is 11.9 Å². The lowest BCUT2D eigenvalue weighted by Crippen LogP contribution is -2.58. The molecule has 0 radical (unpaired) electrons. The first-order chi connectivity index (χ1) is 8.32. The van der Waals surface area contributed by atoms with Crippen LogP contribution in [-0.2, 0) is 9.59 Å². The van der Waals surface area contributed by atoms with Crippen LogP contribution < -0.4 is 0 Å². The Bertz CT molecular complexity index is 322. The Kier molecular flexibility index (Phi) is 4.73. The van der Waals surface area contributed by atoms with E-state index in [4.69, 9.17) is 0 Å². The lowest BCUT2D eigenvalue weighted by molar-refractivity contribution is -0.153. The van der Waals surface area contributed by atoms with Crippen molar-refractivity contribution in [2.45, 2.75) is 52.1 Å². The topological polar surface area (TPSA) is 60.9 Å². The predicted octanol–water partition coefficient (Wildman–Crippen LogP) is 1.18. The van der Waals surface area contributed by atoms with E-state index in [1.165, 1.54) is 0 Å². The van der Waals surface area contributed by atoms with Gasteiger partial charge in [0.2, 0.25) is 5.91 Å². The van der Waals surface area contributed by atoms with Crippen molar-refractivity contribution >= 4 is 11.9 Å². The number of carboxylic acids is 1. The van der Waals surface area contributed by atoms with Crippen molar-refractivity contribution in [1.29, 1.82) is 0 Å². The van der Waals surface area contributed by atoms with Crippen LogP contribution >= 0.6 is 0 Å². The van der Waals surface area contributed by atoms with E-state index in [0.717, 1.165) is 25.9 Å². The van der Waals surface area contributed by atoms with Crippen molar-refractivity contribution in [1.82, 2.24) is 9.80 Å². The van der Waals surface area contributed by atoms with E-state index in [1.807, 2.05) is 11.8 Å². The molecule has 1 rings (SSSR count). The average Bonchev–Trinajstić information content (AvgIpc) is 2.81. The highest BCUT2D eigenvalue weighted by molar-refractivity contribution is 5.84. The maximum Gasteiger partial charge on any atom is 0.323 e. The zero-order valence-corrected chi connectivity index (χ0v) is 11.8. The Hall–Kier alpha value is -1.10. The third-order valence-electron chi connectivity index (χ3n) is 3.82. The molecule has 0 aromatic rings. The summed E-state index contributed by atoms with van der Waals surface area (Å²) in [5.74, 6) is -0.853. The van der Waals surface area contributed by atoms with Gasteiger partial charge >= 0.3 is 5.97 Å². The molecule has 1 unspecified atom stereocenters. The number of likely N-dealkylation sites (N-methyl/N-ethyl adjacent to an activating group) is 1. The molecule has 104 valence electrons. The third kappa shape index (κ3) is 2.83. The molecule has 0 aromatic carbocycles. The number of carbonyl (C=O) groups excluding carboxylic acids is 1. The second-order valence-corrected chi connectivity index (χ2v) is 5.36. The summed E-state index contributed by atoms with van der Waals surface area (Å²) >= 11 is 0. The second-order valence-electron chi connectivity index (χ2n) is 5.36. The minimum Gasteiger partial charge on any atom is -0.480 e. The van der Waals surface area contributed by atoms with Crippen LogP contribution in [0.3, 0.4) is 0 Å². The number of hydrogen-bond acceptors (Lipinski definition) is 3. The highest BCUT2D eigenvalue weighted by Gasteiger charge is 2.40. The Labute approximate surface area is 109 Å². The summed E-state index contributed by atoms with van der Waals surface area (Å²) in [7, 11) is 0. The van der Waals surface area contributed by atoms with Gasteiger partial charge in [0.1, 0.15) is 5.54 Å². The van der Waals surface area contributed by atoms with Crippen LogP contribution in [0, 0.1) is 0 Å². The number of hydrogen-bond donors (Lipinski definition) is 1. The Balaban J connectivity index is 2.81. The number of amides is 1. The van der Waals surface area contributed by atoms with Gasteiger partial charge in [0.25, 0.3) is 0 Å². The maximum absolute atomic E-state index is 12.3. The molecule has 1 aliphatic heterocycles. The average molecular weight is 256 g/mol. The third-order valence-corrected chi connectivity index (χ3v) is 3.82. The van der Waals surface area contributed by atoms with E-state index < -0.39 is 11.5 Å². The molecule has 0 spiro atoms. The smallest absolute Gasteiger partial charge is 0.323 e. The molecule has 0 bridgehead atoms. The van der Waals surface area contributed by atoms with Gasteiger partial charge in [-0.3, -0.25) is 14.5 Å². The second kappa shape index (κ2) is 5.69. The maximum atomic E-state index is 12.3. The van der Waals surface area contributed by atoms with E-state index >= 15 is 0 Å². The molecule has 1 heterocycles. The first-order valence-electron chi connectivity index (χ1n) is 6.61. The molecule has 1 aliphatic rings. The fraction of sp³-hybridized carbons (Fsp3) is 0.846. The van der Waals surface area contributed by atoms with Gasteiger partial charge in [-0.25, -0.2) is 0 Å². The Morgan fingerprint density at radius 3 is 2.22 bits per heavy atom. The van der Waals surface area contributed by atoms with E-state index in [0.29, 0.717) is 6.54 Å². The standard InChI is InChI=1S/C13H24N2O3/c1-5-15(13(3,4)12(17)18)10(2)11(16)14-8-6-7-9-14/h10H,5-9H2,1-4H3,(H,17,18). The van der Waals surface area contributed by atoms with Crippen LogP contribution in [0.4, 0.5) is 0 Å². The van der Waals surface area contributed by atoms with Crippen molar-refractivity contribution in [3.05, 3.63) is 0 Å². The summed E-state index contributed by atoms with van der Waals surface area (Å²) in [6.45, 7) is 9.12. The highest BCUT2D eigenvalue weighted by Crippen LogP contribution is 2.20. The number of nitrogens with zero attached hydrogens (tertiary/aromatic N) is 2. The van der Waals surface area contributed by atoms with E-state index in [1.54, 1.807) is 25.7 Å². The zero-order valence-electron chi connectivity index (χ0n) is 11.8. The van der Waals surface area contributed by atoms with E-state index in [2.05, 4.69) is 0 Å². The molecule has 0 saturated carbocycles. The fourth-order valence-corrected chi connectivity index (χ4v) is 2.61. The van der Waals surface area contributed by atoms with Crippen LogP contribution in [0.2, 0.25) is 0 Å². The van der Waals surface area contributed by atoms with Crippen molar-refractivity contribution in [3.63, 3.8) is 0 Å². The number of rotatable bonds is 5. The summed E-state index contributed by atoms with van der Waals surface area (Å²) in [5.41, 5.74) is -1.02. The van der Waals surface area contributed by atoms with Crippen molar-refractivity contribution in [2.75, 3.05) is 19.6 Å². The van der Waals surface area contributed by atoms with Crippen LogP contribution in [-0.4, -0.2) is 58.0 Å². The van der Waals surface area contributed by atoms with Crippen molar-refractivity contribution in [3.8, 4) is 0 Å². The number of carbonyl (C=O) groups is 2. The quantitative estimate of drug-likeness (QED) is 0.802. The molecule has 5 heteroatoms. The molecule has 1 atom stereocenters. The van der Waals surface area contributed by atoms with Gasteiger partial charge in [-0.15, -0.1) is 0 Å². The molecule has 1 fully saturated rings. The number of aliphatic carboxylic acids is 1. The molecule has 5 nitrogen and oxygen atoms in total. The SMILES string of the molecule is CCN(C(C)C(=O)N1CCCC1)C(C)(C)C(=O)O. The first kappa shape index (κ1) is 15.0. The van der Waals surface area contributed by atoms with Gasteiger partial charge in [0.05, 0.1) is 6.04 Å². The van der Waals surface area contributed by atoms with Gasteiger partial charge in [0, 0.05) is 13.1 Å². The largest absolute Gasteiger partial charge is 0.480 e. The molecule has 18 heavy (non-hydrogen) atoms. The molecular formula is C13H24N2O3. The van der Waals surface area contributed by atoms with Crippen molar-refractivity contribution < 1.29 is 14.7 Å². The molecular weight excluding hydrogens is 232 g/mol. The predicted molar refractivity (Wildman–Crippen MR) is 69.4 cm³/mol. The number of likely N-dealkylation sites (tertiary alicyclic amines) is 1. The van der Waals surface area contributed by atoms with Gasteiger partial charge in [-0.05, 0) is 40.2 Å². The lowest BCUT2D eigenvalue weighted by Gasteiger charge is -2.39. The van der Waals surface area contributed by atoms with Crippen LogP contribution in [0.5, 0.6) is 0 Å². The zero-order chi connectivity index (χ0) is 13.9. The summed E-state index contributed by atoms with van der Waals surface area (Å²) in [6, 6.07) is -0.390.